The third-order valence-corrected chi connectivity index (χ3v) is 1.89. The summed E-state index contributed by atoms with van der Waals surface area (Å²) in [6.07, 6.45) is 0. The molecule has 0 aromatic heterocycles. The molecule has 1 aromatic carbocycles. The van der Waals surface area contributed by atoms with Crippen molar-refractivity contribution in [2.24, 2.45) is 0 Å². The molecule has 0 atom stereocenters. The maximum atomic E-state index is 7.75. The molecule has 0 bridgehead atoms. The monoisotopic (exact) mass is 175 g/mol. The third kappa shape index (κ3) is 2.15. The first kappa shape index (κ1) is 9.45. The van der Waals surface area contributed by atoms with Crippen molar-refractivity contribution in [2.45, 2.75) is 6.92 Å². The summed E-state index contributed by atoms with van der Waals surface area (Å²) >= 11 is 0. The fourth-order valence-electron chi connectivity index (χ4n) is 0.957. The van der Waals surface area contributed by atoms with Crippen LogP contribution in [0.3, 0.4) is 0 Å². The first-order valence-electron chi connectivity index (χ1n) is 4.06. The molecule has 0 heterocycles. The third-order valence-electron chi connectivity index (χ3n) is 1.89. The van der Waals surface area contributed by atoms with Crippen molar-refractivity contribution in [1.29, 1.82) is 10.8 Å². The van der Waals surface area contributed by atoms with Gasteiger partial charge in [0.25, 0.3) is 0 Å². The van der Waals surface area contributed by atoms with E-state index in [0.29, 0.717) is 11.7 Å². The molecule has 0 amide bonds. The van der Waals surface area contributed by atoms with E-state index in [9.17, 15) is 0 Å². The zero-order valence-electron chi connectivity index (χ0n) is 7.83. The molecule has 0 unspecified atom stereocenters. The molecular formula is C10H13N3. The quantitative estimate of drug-likeness (QED) is 0.497. The lowest BCUT2D eigenvalue weighted by Crippen LogP contribution is -2.30. The van der Waals surface area contributed by atoms with Crippen molar-refractivity contribution < 1.29 is 0 Å². The first-order chi connectivity index (χ1) is 6.13. The van der Waals surface area contributed by atoms with E-state index in [-0.39, 0.29) is 0 Å². The van der Waals surface area contributed by atoms with Gasteiger partial charge in [-0.1, -0.05) is 30.3 Å². The molecule has 0 saturated carbocycles. The predicted molar refractivity (Wildman–Crippen MR) is 54.4 cm³/mol. The Morgan fingerprint density at radius 3 is 2.15 bits per heavy atom. The van der Waals surface area contributed by atoms with E-state index in [1.807, 2.05) is 30.3 Å². The standard InChI is InChI=1S/C10H13N3/c1-8(11)13(2)10(12)9-6-4-3-5-7-9/h3-7,11-12H,1-2H3. The summed E-state index contributed by atoms with van der Waals surface area (Å²) in [5.41, 5.74) is 0.830. The van der Waals surface area contributed by atoms with Gasteiger partial charge < -0.3 is 4.90 Å². The molecule has 0 saturated heterocycles. The molecule has 1 aromatic rings. The first-order valence-corrected chi connectivity index (χ1v) is 4.06. The van der Waals surface area contributed by atoms with Crippen molar-refractivity contribution in [3.8, 4) is 0 Å². The largest absolute Gasteiger partial charge is 0.318 e. The number of hydrogen-bond acceptors (Lipinski definition) is 2. The van der Waals surface area contributed by atoms with E-state index in [1.54, 1.807) is 14.0 Å². The van der Waals surface area contributed by atoms with Crippen molar-refractivity contribution in [1.82, 2.24) is 4.90 Å². The number of benzene rings is 1. The van der Waals surface area contributed by atoms with E-state index >= 15 is 0 Å². The minimum atomic E-state index is 0.355. The molecule has 13 heavy (non-hydrogen) atoms. The zero-order chi connectivity index (χ0) is 9.84. The second-order valence-corrected chi connectivity index (χ2v) is 2.86. The number of nitrogens with one attached hydrogen (secondary N) is 2. The molecule has 0 spiro atoms. The van der Waals surface area contributed by atoms with Crippen LogP contribution in [0.25, 0.3) is 0 Å². The molecule has 0 aliphatic heterocycles. The maximum Gasteiger partial charge on any atom is 0.133 e. The van der Waals surface area contributed by atoms with Crippen molar-refractivity contribution >= 4 is 11.7 Å². The highest BCUT2D eigenvalue weighted by Gasteiger charge is 2.07. The highest BCUT2D eigenvalue weighted by Crippen LogP contribution is 2.02. The van der Waals surface area contributed by atoms with Crippen LogP contribution in [0.1, 0.15) is 12.5 Å². The summed E-state index contributed by atoms with van der Waals surface area (Å²) in [5, 5.41) is 15.1. The lowest BCUT2D eigenvalue weighted by molar-refractivity contribution is 0.734. The Bertz CT molecular complexity index is 316. The van der Waals surface area contributed by atoms with Crippen LogP contribution in [0.2, 0.25) is 0 Å². The van der Waals surface area contributed by atoms with Crippen LogP contribution < -0.4 is 0 Å². The number of nitrogens with zero attached hydrogens (tertiary/aromatic N) is 1. The van der Waals surface area contributed by atoms with Crippen LogP contribution >= 0.6 is 0 Å². The SMILES string of the molecule is CC(=N)N(C)C(=N)c1ccccc1. The summed E-state index contributed by atoms with van der Waals surface area (Å²) in [5.74, 6) is 0.724. The molecular weight excluding hydrogens is 162 g/mol. The Balaban J connectivity index is 2.86. The van der Waals surface area contributed by atoms with Gasteiger partial charge in [-0.3, -0.25) is 10.8 Å². The van der Waals surface area contributed by atoms with E-state index in [2.05, 4.69) is 0 Å². The Morgan fingerprint density at radius 1 is 1.15 bits per heavy atom. The van der Waals surface area contributed by atoms with Crippen LogP contribution in [-0.2, 0) is 0 Å². The molecule has 0 aliphatic rings. The van der Waals surface area contributed by atoms with Gasteiger partial charge in [-0.25, -0.2) is 0 Å². The normalized spacial score (nSPS) is 9.38. The van der Waals surface area contributed by atoms with Crippen molar-refractivity contribution in [3.63, 3.8) is 0 Å². The smallest absolute Gasteiger partial charge is 0.133 e. The van der Waals surface area contributed by atoms with Crippen LogP contribution in [0, 0.1) is 10.8 Å². The molecule has 3 heteroatoms. The van der Waals surface area contributed by atoms with Gasteiger partial charge in [-0.15, -0.1) is 0 Å². The lowest BCUT2D eigenvalue weighted by atomic mass is 10.2. The Morgan fingerprint density at radius 2 is 1.69 bits per heavy atom. The van der Waals surface area contributed by atoms with Crippen LogP contribution in [0.15, 0.2) is 30.3 Å². The molecule has 3 nitrogen and oxygen atoms in total. The van der Waals surface area contributed by atoms with E-state index in [1.165, 1.54) is 4.90 Å². The summed E-state index contributed by atoms with van der Waals surface area (Å²) in [7, 11) is 1.72. The highest BCUT2D eigenvalue weighted by molar-refractivity contribution is 6.05. The zero-order valence-corrected chi connectivity index (χ0v) is 7.83. The summed E-state index contributed by atoms with van der Waals surface area (Å²) in [4.78, 5) is 1.54. The Labute approximate surface area is 78.0 Å². The van der Waals surface area contributed by atoms with Crippen molar-refractivity contribution in [3.05, 3.63) is 35.9 Å². The molecule has 1 rings (SSSR count). The van der Waals surface area contributed by atoms with Crippen LogP contribution in [0.4, 0.5) is 0 Å². The lowest BCUT2D eigenvalue weighted by Gasteiger charge is -2.17. The molecule has 0 fully saturated rings. The van der Waals surface area contributed by atoms with Gasteiger partial charge in [0.1, 0.15) is 5.84 Å². The number of rotatable bonds is 1. The minimum absolute atomic E-state index is 0.355. The van der Waals surface area contributed by atoms with Crippen molar-refractivity contribution in [2.75, 3.05) is 7.05 Å². The van der Waals surface area contributed by atoms with Gasteiger partial charge in [0.2, 0.25) is 0 Å². The Kier molecular flexibility index (Phi) is 2.80. The van der Waals surface area contributed by atoms with E-state index in [0.717, 1.165) is 5.56 Å². The topological polar surface area (TPSA) is 50.9 Å². The average Bonchev–Trinajstić information content (AvgIpc) is 2.17. The van der Waals surface area contributed by atoms with Crippen LogP contribution in [-0.4, -0.2) is 23.6 Å². The average molecular weight is 175 g/mol. The summed E-state index contributed by atoms with van der Waals surface area (Å²) in [6, 6.07) is 9.41. The van der Waals surface area contributed by atoms with E-state index < -0.39 is 0 Å². The predicted octanol–water partition coefficient (Wildman–Crippen LogP) is 1.94. The van der Waals surface area contributed by atoms with Crippen LogP contribution in [0.5, 0.6) is 0 Å². The second-order valence-electron chi connectivity index (χ2n) is 2.86. The molecule has 2 N–H and O–H groups in total. The van der Waals surface area contributed by atoms with Gasteiger partial charge in [0.15, 0.2) is 0 Å². The van der Waals surface area contributed by atoms with Gasteiger partial charge >= 0.3 is 0 Å². The van der Waals surface area contributed by atoms with Gasteiger partial charge in [0, 0.05) is 12.6 Å². The minimum Gasteiger partial charge on any atom is -0.318 e. The molecule has 68 valence electrons. The fraction of sp³-hybridized carbons (Fsp3) is 0.200. The molecule has 0 radical (unpaired) electrons. The second kappa shape index (κ2) is 3.85. The van der Waals surface area contributed by atoms with Gasteiger partial charge in [-0.05, 0) is 6.92 Å². The van der Waals surface area contributed by atoms with E-state index in [4.69, 9.17) is 10.8 Å². The maximum absolute atomic E-state index is 7.75. The highest BCUT2D eigenvalue weighted by atomic mass is 15.2. The fourth-order valence-corrected chi connectivity index (χ4v) is 0.957. The van der Waals surface area contributed by atoms with Gasteiger partial charge in [0.05, 0.1) is 5.84 Å². The summed E-state index contributed by atoms with van der Waals surface area (Å²) < 4.78 is 0. The Hall–Kier alpha value is -1.64. The summed E-state index contributed by atoms with van der Waals surface area (Å²) in [6.45, 7) is 1.66. The van der Waals surface area contributed by atoms with Gasteiger partial charge in [-0.2, -0.15) is 0 Å². The number of amidine groups is 2. The molecule has 0 aliphatic carbocycles. The number of hydrogen-bond donors (Lipinski definition) is 2.